The van der Waals surface area contributed by atoms with Crippen molar-refractivity contribution in [3.63, 3.8) is 0 Å². The number of hydrogen-bond acceptors (Lipinski definition) is 2. The van der Waals surface area contributed by atoms with Crippen LogP contribution in [0, 0.1) is 0 Å². The molecule has 1 aromatic rings. The molecule has 0 atom stereocenters. The van der Waals surface area contributed by atoms with Gasteiger partial charge in [-0.25, -0.2) is 0 Å². The lowest BCUT2D eigenvalue weighted by molar-refractivity contribution is -0.136. The minimum atomic E-state index is -0.800. The van der Waals surface area contributed by atoms with Crippen molar-refractivity contribution in [3.8, 4) is 0 Å². The maximum absolute atomic E-state index is 10.5. The van der Waals surface area contributed by atoms with Crippen molar-refractivity contribution in [1.82, 2.24) is 0 Å². The molecule has 82 valence electrons. The first-order chi connectivity index (χ1) is 6.87. The molecule has 0 saturated carbocycles. The van der Waals surface area contributed by atoms with E-state index < -0.39 is 5.97 Å². The molecule has 0 spiro atoms. The lowest BCUT2D eigenvalue weighted by Gasteiger charge is -2.22. The van der Waals surface area contributed by atoms with Gasteiger partial charge in [0, 0.05) is 11.2 Å². The van der Waals surface area contributed by atoms with Crippen molar-refractivity contribution in [2.75, 3.05) is 5.32 Å². The van der Waals surface area contributed by atoms with E-state index in [1.807, 2.05) is 24.3 Å². The Bertz CT molecular complexity index is 336. The van der Waals surface area contributed by atoms with E-state index in [1.165, 1.54) is 0 Å². The van der Waals surface area contributed by atoms with E-state index in [1.54, 1.807) is 0 Å². The minimum absolute atomic E-state index is 0.0221. The summed E-state index contributed by atoms with van der Waals surface area (Å²) < 4.78 is 0. The van der Waals surface area contributed by atoms with E-state index in [4.69, 9.17) is 5.11 Å². The molecule has 3 nitrogen and oxygen atoms in total. The van der Waals surface area contributed by atoms with Crippen LogP contribution in [0.3, 0.4) is 0 Å². The molecule has 3 heteroatoms. The molecule has 0 aromatic heterocycles. The highest BCUT2D eigenvalue weighted by Gasteiger charge is 2.08. The van der Waals surface area contributed by atoms with Crippen molar-refractivity contribution < 1.29 is 9.90 Å². The van der Waals surface area contributed by atoms with Gasteiger partial charge in [0.1, 0.15) is 0 Å². The van der Waals surface area contributed by atoms with Crippen LogP contribution in [0.1, 0.15) is 26.3 Å². The van der Waals surface area contributed by atoms with Crippen molar-refractivity contribution in [3.05, 3.63) is 29.8 Å². The molecule has 0 bridgehead atoms. The van der Waals surface area contributed by atoms with Gasteiger partial charge in [0.25, 0.3) is 0 Å². The predicted molar refractivity (Wildman–Crippen MR) is 61.2 cm³/mol. The summed E-state index contributed by atoms with van der Waals surface area (Å²) in [7, 11) is 0. The van der Waals surface area contributed by atoms with E-state index >= 15 is 0 Å². The average molecular weight is 207 g/mol. The molecular formula is C12H17NO2. The molecule has 2 N–H and O–H groups in total. The van der Waals surface area contributed by atoms with Gasteiger partial charge in [0.05, 0.1) is 6.42 Å². The Kier molecular flexibility index (Phi) is 3.35. The van der Waals surface area contributed by atoms with Gasteiger partial charge in [-0.3, -0.25) is 4.79 Å². The summed E-state index contributed by atoms with van der Waals surface area (Å²) in [6.45, 7) is 6.24. The van der Waals surface area contributed by atoms with Crippen LogP contribution in [0.5, 0.6) is 0 Å². The maximum atomic E-state index is 10.5. The first-order valence-electron chi connectivity index (χ1n) is 4.96. The molecule has 0 aliphatic carbocycles. The van der Waals surface area contributed by atoms with Gasteiger partial charge in [0.2, 0.25) is 0 Å². The molecule has 1 rings (SSSR count). The molecule has 15 heavy (non-hydrogen) atoms. The fourth-order valence-corrected chi connectivity index (χ4v) is 1.31. The quantitative estimate of drug-likeness (QED) is 0.800. The average Bonchev–Trinajstić information content (AvgIpc) is 2.05. The molecule has 0 heterocycles. The van der Waals surface area contributed by atoms with Crippen LogP contribution >= 0.6 is 0 Å². The summed E-state index contributed by atoms with van der Waals surface area (Å²) >= 11 is 0. The van der Waals surface area contributed by atoms with Crippen molar-refractivity contribution in [2.45, 2.75) is 32.7 Å². The number of carboxylic acids is 1. The zero-order valence-corrected chi connectivity index (χ0v) is 9.37. The number of hydrogen-bond donors (Lipinski definition) is 2. The summed E-state index contributed by atoms with van der Waals surface area (Å²) in [6.07, 6.45) is 0.0792. The van der Waals surface area contributed by atoms with Crippen molar-refractivity contribution in [2.24, 2.45) is 0 Å². The van der Waals surface area contributed by atoms with Gasteiger partial charge < -0.3 is 10.4 Å². The third-order valence-electron chi connectivity index (χ3n) is 1.83. The van der Waals surface area contributed by atoms with Gasteiger partial charge in [0.15, 0.2) is 0 Å². The summed E-state index contributed by atoms with van der Waals surface area (Å²) in [5.41, 5.74) is 1.85. The highest BCUT2D eigenvalue weighted by molar-refractivity contribution is 5.70. The maximum Gasteiger partial charge on any atom is 0.307 e. The second-order valence-corrected chi connectivity index (χ2v) is 4.64. The Balaban J connectivity index is 2.68. The highest BCUT2D eigenvalue weighted by atomic mass is 16.4. The molecule has 0 aliphatic rings. The number of carboxylic acid groups (broad SMARTS) is 1. The van der Waals surface area contributed by atoms with Crippen LogP contribution in [0.25, 0.3) is 0 Å². The van der Waals surface area contributed by atoms with E-state index in [-0.39, 0.29) is 12.0 Å². The summed E-state index contributed by atoms with van der Waals surface area (Å²) in [5.74, 6) is -0.800. The van der Waals surface area contributed by atoms with Gasteiger partial charge in [-0.2, -0.15) is 0 Å². The number of anilines is 1. The standard InChI is InChI=1S/C12H17NO2/c1-12(2,3)13-10-6-4-9(5-7-10)8-11(14)15/h4-7,13H,8H2,1-3H3,(H,14,15). The second-order valence-electron chi connectivity index (χ2n) is 4.64. The Morgan fingerprint density at radius 2 is 1.80 bits per heavy atom. The Labute approximate surface area is 90.1 Å². The van der Waals surface area contributed by atoms with Crippen LogP contribution in [-0.4, -0.2) is 16.6 Å². The zero-order valence-electron chi connectivity index (χ0n) is 9.37. The Morgan fingerprint density at radius 3 is 2.20 bits per heavy atom. The Hall–Kier alpha value is -1.51. The Morgan fingerprint density at radius 1 is 1.27 bits per heavy atom. The van der Waals surface area contributed by atoms with E-state index in [0.717, 1.165) is 11.3 Å². The molecule has 0 radical (unpaired) electrons. The molecule has 0 saturated heterocycles. The zero-order chi connectivity index (χ0) is 11.5. The number of carbonyl (C=O) groups is 1. The van der Waals surface area contributed by atoms with Crippen molar-refractivity contribution >= 4 is 11.7 Å². The van der Waals surface area contributed by atoms with Gasteiger partial charge >= 0.3 is 5.97 Å². The molecule has 0 amide bonds. The van der Waals surface area contributed by atoms with E-state index in [2.05, 4.69) is 26.1 Å². The number of nitrogens with one attached hydrogen (secondary N) is 1. The number of benzene rings is 1. The highest BCUT2D eigenvalue weighted by Crippen LogP contribution is 2.15. The molecule has 0 unspecified atom stereocenters. The normalized spacial score (nSPS) is 11.1. The predicted octanol–water partition coefficient (Wildman–Crippen LogP) is 2.52. The minimum Gasteiger partial charge on any atom is -0.481 e. The van der Waals surface area contributed by atoms with Crippen LogP contribution in [0.4, 0.5) is 5.69 Å². The molecule has 0 aliphatic heterocycles. The molecule has 0 fully saturated rings. The van der Waals surface area contributed by atoms with Crippen LogP contribution in [0.2, 0.25) is 0 Å². The smallest absolute Gasteiger partial charge is 0.307 e. The van der Waals surface area contributed by atoms with E-state index in [9.17, 15) is 4.79 Å². The summed E-state index contributed by atoms with van der Waals surface area (Å²) in [4.78, 5) is 10.5. The second kappa shape index (κ2) is 4.34. The third kappa shape index (κ3) is 4.49. The largest absolute Gasteiger partial charge is 0.481 e. The van der Waals surface area contributed by atoms with Gasteiger partial charge in [-0.15, -0.1) is 0 Å². The van der Waals surface area contributed by atoms with Gasteiger partial charge in [-0.1, -0.05) is 12.1 Å². The third-order valence-corrected chi connectivity index (χ3v) is 1.83. The SMILES string of the molecule is CC(C)(C)Nc1ccc(CC(=O)O)cc1. The molecule has 1 aromatic carbocycles. The lowest BCUT2D eigenvalue weighted by Crippen LogP contribution is -2.25. The fourth-order valence-electron chi connectivity index (χ4n) is 1.31. The van der Waals surface area contributed by atoms with Crippen LogP contribution in [-0.2, 0) is 11.2 Å². The fraction of sp³-hybridized carbons (Fsp3) is 0.417. The van der Waals surface area contributed by atoms with Gasteiger partial charge in [-0.05, 0) is 38.5 Å². The number of rotatable bonds is 3. The number of aliphatic carboxylic acids is 1. The van der Waals surface area contributed by atoms with Crippen LogP contribution < -0.4 is 5.32 Å². The first kappa shape index (κ1) is 11.6. The first-order valence-corrected chi connectivity index (χ1v) is 4.96. The monoisotopic (exact) mass is 207 g/mol. The summed E-state index contributed by atoms with van der Waals surface area (Å²) in [6, 6.07) is 7.48. The van der Waals surface area contributed by atoms with Crippen molar-refractivity contribution in [1.29, 1.82) is 0 Å². The van der Waals surface area contributed by atoms with E-state index in [0.29, 0.717) is 0 Å². The topological polar surface area (TPSA) is 49.3 Å². The van der Waals surface area contributed by atoms with Crippen LogP contribution in [0.15, 0.2) is 24.3 Å². The summed E-state index contributed by atoms with van der Waals surface area (Å²) in [5, 5.41) is 11.9. The lowest BCUT2D eigenvalue weighted by atomic mass is 10.1. The molecular weight excluding hydrogens is 190 g/mol.